The van der Waals surface area contributed by atoms with Crippen LogP contribution in [0, 0.1) is 0 Å². The molecule has 71 heavy (non-hydrogen) atoms. The minimum atomic E-state index is -0.930. The van der Waals surface area contributed by atoms with E-state index in [-0.39, 0.29) is 0 Å². The van der Waals surface area contributed by atoms with Crippen LogP contribution in [-0.4, -0.2) is 63.4 Å². The summed E-state index contributed by atoms with van der Waals surface area (Å²) in [6.07, 6.45) is 18.3. The Morgan fingerprint density at radius 3 is 0.761 bits per heavy atom. The molecule has 0 aromatic heterocycles. The van der Waals surface area contributed by atoms with E-state index in [2.05, 4.69) is 188 Å². The number of aromatic carboxylic acids is 1. The van der Waals surface area contributed by atoms with E-state index in [1.807, 2.05) is 12.1 Å². The molecular formula is C63H92N6O2. The standard InChI is InChI=1S/C63H92N6O2/c1-9-17-43-64(44-18-10-2)52-25-31-55(32-26-52)68(56-33-27-53(28-34-56)65(45-19-11-3)46-20-12-4)57-37-39-59(40-38-57)69(58-35-29-54(30-36-58)66(47-21-13-5)48-22-14-6)62-42-41-60(51-61(62)63(70)71)67(49-23-15-7)50-24-16-8/h25-42,51H,9-24,43-50H2,1-8H3,(H,70,71). The number of benzene rings is 5. The first kappa shape index (κ1) is 56.3. The van der Waals surface area contributed by atoms with Crippen LogP contribution in [0.4, 0.5) is 56.9 Å². The van der Waals surface area contributed by atoms with Crippen molar-refractivity contribution in [2.45, 2.75) is 158 Å². The van der Waals surface area contributed by atoms with Crippen molar-refractivity contribution >= 4 is 62.8 Å². The van der Waals surface area contributed by atoms with Crippen LogP contribution in [0.25, 0.3) is 0 Å². The van der Waals surface area contributed by atoms with Crippen LogP contribution >= 0.6 is 0 Å². The van der Waals surface area contributed by atoms with Crippen molar-refractivity contribution in [1.82, 2.24) is 0 Å². The summed E-state index contributed by atoms with van der Waals surface area (Å²) in [6, 6.07) is 41.9. The Balaban J connectivity index is 1.64. The van der Waals surface area contributed by atoms with E-state index >= 15 is 0 Å². The fourth-order valence-corrected chi connectivity index (χ4v) is 9.42. The fourth-order valence-electron chi connectivity index (χ4n) is 9.42. The Morgan fingerprint density at radius 1 is 0.310 bits per heavy atom. The van der Waals surface area contributed by atoms with Gasteiger partial charge >= 0.3 is 5.97 Å². The van der Waals surface area contributed by atoms with Crippen molar-refractivity contribution in [3.63, 3.8) is 0 Å². The molecule has 0 spiro atoms. The van der Waals surface area contributed by atoms with Crippen molar-refractivity contribution in [2.75, 3.05) is 81.8 Å². The summed E-state index contributed by atoms with van der Waals surface area (Å²) < 4.78 is 0. The Bertz CT molecular complexity index is 2130. The average molecular weight is 965 g/mol. The predicted molar refractivity (Wildman–Crippen MR) is 311 cm³/mol. The van der Waals surface area contributed by atoms with Crippen LogP contribution in [0.1, 0.15) is 168 Å². The molecule has 0 heterocycles. The summed E-state index contributed by atoms with van der Waals surface area (Å²) in [7, 11) is 0. The lowest BCUT2D eigenvalue weighted by Gasteiger charge is -2.31. The van der Waals surface area contributed by atoms with Gasteiger partial charge in [-0.2, -0.15) is 0 Å². The maximum Gasteiger partial charge on any atom is 0.337 e. The van der Waals surface area contributed by atoms with Gasteiger partial charge < -0.3 is 34.5 Å². The first-order valence-corrected chi connectivity index (χ1v) is 28.1. The Morgan fingerprint density at radius 2 is 0.521 bits per heavy atom. The molecule has 0 unspecified atom stereocenters. The third kappa shape index (κ3) is 16.5. The lowest BCUT2D eigenvalue weighted by molar-refractivity contribution is 0.0697. The van der Waals surface area contributed by atoms with Gasteiger partial charge in [0.05, 0.1) is 11.3 Å². The fraction of sp³-hybridized carbons (Fsp3) is 0.508. The van der Waals surface area contributed by atoms with Crippen molar-refractivity contribution < 1.29 is 9.90 Å². The molecule has 8 heteroatoms. The molecule has 0 bridgehead atoms. The van der Waals surface area contributed by atoms with Gasteiger partial charge in [-0.3, -0.25) is 0 Å². The van der Waals surface area contributed by atoms with Crippen LogP contribution < -0.4 is 29.4 Å². The van der Waals surface area contributed by atoms with E-state index in [1.165, 1.54) is 68.4 Å². The number of carbonyl (C=O) groups is 1. The molecule has 0 saturated heterocycles. The normalized spacial score (nSPS) is 11.2. The van der Waals surface area contributed by atoms with E-state index in [4.69, 9.17) is 0 Å². The molecule has 0 saturated carbocycles. The second-order valence-electron chi connectivity index (χ2n) is 19.5. The van der Waals surface area contributed by atoms with Crippen LogP contribution in [0.3, 0.4) is 0 Å². The molecule has 1 N–H and O–H groups in total. The van der Waals surface area contributed by atoms with E-state index < -0.39 is 5.97 Å². The lowest BCUT2D eigenvalue weighted by Crippen LogP contribution is -2.26. The highest BCUT2D eigenvalue weighted by atomic mass is 16.4. The third-order valence-electron chi connectivity index (χ3n) is 13.9. The van der Waals surface area contributed by atoms with E-state index in [0.29, 0.717) is 11.3 Å². The Labute approximate surface area is 431 Å². The molecule has 5 aromatic carbocycles. The number of carboxylic acids is 1. The molecule has 0 radical (unpaired) electrons. The van der Waals surface area contributed by atoms with E-state index in [9.17, 15) is 9.90 Å². The van der Waals surface area contributed by atoms with Crippen molar-refractivity contribution in [2.24, 2.45) is 0 Å². The summed E-state index contributed by atoms with van der Waals surface area (Å²) in [4.78, 5) is 27.9. The summed E-state index contributed by atoms with van der Waals surface area (Å²) >= 11 is 0. The molecule has 0 atom stereocenters. The average Bonchev–Trinajstić information content (AvgIpc) is 3.40. The van der Waals surface area contributed by atoms with Crippen LogP contribution in [-0.2, 0) is 0 Å². The highest BCUT2D eigenvalue weighted by Gasteiger charge is 2.23. The monoisotopic (exact) mass is 965 g/mol. The summed E-state index contributed by atoms with van der Waals surface area (Å²) in [5, 5.41) is 11.0. The molecule has 5 rings (SSSR count). The maximum absolute atomic E-state index is 13.5. The molecule has 0 fully saturated rings. The van der Waals surface area contributed by atoms with E-state index in [1.54, 1.807) is 0 Å². The largest absolute Gasteiger partial charge is 0.478 e. The SMILES string of the molecule is CCCCN(CCCC)c1ccc(N(c2ccc(N(CCCC)CCCC)cc2)c2ccc(N(c3ccc(N(CCCC)CCCC)cc3)c3ccc(N(CCCC)CCCC)cc3C(=O)O)cc2)cc1. The highest BCUT2D eigenvalue weighted by Crippen LogP contribution is 2.42. The summed E-state index contributed by atoms with van der Waals surface area (Å²) in [5.74, 6) is -0.930. The second kappa shape index (κ2) is 31.0. The molecule has 0 aliphatic rings. The molecular weight excluding hydrogens is 873 g/mol. The predicted octanol–water partition coefficient (Wildman–Crippen LogP) is 18.0. The second-order valence-corrected chi connectivity index (χ2v) is 19.5. The highest BCUT2D eigenvalue weighted by molar-refractivity contribution is 5.99. The number of unbranched alkanes of at least 4 members (excludes halogenated alkanes) is 8. The zero-order valence-corrected chi connectivity index (χ0v) is 45.5. The van der Waals surface area contributed by atoms with Gasteiger partial charge in [-0.15, -0.1) is 0 Å². The lowest BCUT2D eigenvalue weighted by atomic mass is 10.1. The van der Waals surface area contributed by atoms with Gasteiger partial charge in [0.2, 0.25) is 0 Å². The van der Waals surface area contributed by atoms with Crippen molar-refractivity contribution in [3.05, 3.63) is 121 Å². The van der Waals surface area contributed by atoms with Gasteiger partial charge in [0.25, 0.3) is 0 Å². The number of carboxylic acid groups (broad SMARTS) is 1. The third-order valence-corrected chi connectivity index (χ3v) is 13.9. The topological polar surface area (TPSA) is 56.7 Å². The molecule has 0 amide bonds. The van der Waals surface area contributed by atoms with Gasteiger partial charge in [-0.05, 0) is 167 Å². The van der Waals surface area contributed by atoms with Crippen molar-refractivity contribution in [1.29, 1.82) is 0 Å². The van der Waals surface area contributed by atoms with Crippen molar-refractivity contribution in [3.8, 4) is 0 Å². The van der Waals surface area contributed by atoms with Gasteiger partial charge in [0, 0.05) is 104 Å². The maximum atomic E-state index is 13.5. The molecule has 5 aromatic rings. The number of hydrogen-bond acceptors (Lipinski definition) is 7. The minimum Gasteiger partial charge on any atom is -0.478 e. The summed E-state index contributed by atoms with van der Waals surface area (Å²) in [5.41, 5.74) is 10.7. The van der Waals surface area contributed by atoms with Crippen LogP contribution in [0.2, 0.25) is 0 Å². The van der Waals surface area contributed by atoms with Gasteiger partial charge in [0.15, 0.2) is 0 Å². The molecule has 0 aliphatic carbocycles. The number of hydrogen-bond donors (Lipinski definition) is 1. The van der Waals surface area contributed by atoms with Gasteiger partial charge in [0.1, 0.15) is 0 Å². The van der Waals surface area contributed by atoms with Crippen LogP contribution in [0.5, 0.6) is 0 Å². The number of rotatable bonds is 35. The first-order chi connectivity index (χ1) is 34.7. The quantitative estimate of drug-likeness (QED) is 0.0431. The number of anilines is 10. The smallest absolute Gasteiger partial charge is 0.337 e. The zero-order valence-electron chi connectivity index (χ0n) is 45.5. The van der Waals surface area contributed by atoms with E-state index in [0.717, 1.165) is 138 Å². The zero-order chi connectivity index (χ0) is 50.8. The van der Waals surface area contributed by atoms with Gasteiger partial charge in [-0.25, -0.2) is 4.79 Å². The molecule has 386 valence electrons. The minimum absolute atomic E-state index is 0.293. The molecule has 0 aliphatic heterocycles. The Kier molecular flexibility index (Phi) is 24.5. The first-order valence-electron chi connectivity index (χ1n) is 28.1. The Hall–Kier alpha value is -5.63. The molecule has 8 nitrogen and oxygen atoms in total. The van der Waals surface area contributed by atoms with Gasteiger partial charge in [-0.1, -0.05) is 107 Å². The summed E-state index contributed by atoms with van der Waals surface area (Å²) in [6.45, 7) is 26.1. The van der Waals surface area contributed by atoms with Crippen LogP contribution in [0.15, 0.2) is 115 Å². The number of nitrogens with zero attached hydrogens (tertiary/aromatic N) is 6.